The first-order chi connectivity index (χ1) is 21.9. The van der Waals surface area contributed by atoms with Crippen LogP contribution in [0.15, 0.2) is 77.7 Å². The number of nitrogens with one attached hydrogen (secondary N) is 2. The average molecular weight is 645 g/mol. The van der Waals surface area contributed by atoms with Gasteiger partial charge in [0, 0.05) is 21.0 Å². The van der Waals surface area contributed by atoms with Gasteiger partial charge in [-0.05, 0) is 80.1 Å². The van der Waals surface area contributed by atoms with Crippen LogP contribution in [-0.4, -0.2) is 38.6 Å². The molecule has 0 saturated carbocycles. The third-order valence-corrected chi connectivity index (χ3v) is 9.92. The smallest absolute Gasteiger partial charge is 0.341 e. The number of rotatable bonds is 11. The van der Waals surface area contributed by atoms with Crippen LogP contribution in [0.3, 0.4) is 0 Å². The van der Waals surface area contributed by atoms with E-state index in [1.54, 1.807) is 31.2 Å². The standard InChI is InChI=1S/C35H36N2O6S2/c1-4-43-35(40)30-26-16-9-6-10-17-29(26)45-34(30)37-33(39)31(22-12-7-5-8-13-22)44-25-15-11-14-24(21-25)36-32(38)23-18-19-27(41-2)28(20-23)42-3/h5,7-8,11-15,18-21,31H,4,6,9-10,16-17H2,1-3H3,(H,36,38)(H,37,39). The number of aryl methyl sites for hydroxylation is 1. The lowest BCUT2D eigenvalue weighted by Gasteiger charge is -2.18. The summed E-state index contributed by atoms with van der Waals surface area (Å²) in [7, 11) is 3.06. The van der Waals surface area contributed by atoms with E-state index in [9.17, 15) is 14.4 Å². The number of amides is 2. The van der Waals surface area contributed by atoms with Crippen molar-refractivity contribution in [2.24, 2.45) is 0 Å². The molecule has 2 amide bonds. The predicted octanol–water partition coefficient (Wildman–Crippen LogP) is 7.94. The lowest BCUT2D eigenvalue weighted by atomic mass is 10.1. The summed E-state index contributed by atoms with van der Waals surface area (Å²) in [5.41, 5.74) is 3.31. The average Bonchev–Trinajstić information content (AvgIpc) is 3.23. The van der Waals surface area contributed by atoms with Crippen molar-refractivity contribution < 1.29 is 28.6 Å². The Balaban J connectivity index is 1.39. The number of thioether (sulfide) groups is 1. The van der Waals surface area contributed by atoms with Gasteiger partial charge in [0.1, 0.15) is 10.3 Å². The highest BCUT2D eigenvalue weighted by Crippen LogP contribution is 2.41. The second-order valence-electron chi connectivity index (χ2n) is 10.4. The molecular weight excluding hydrogens is 609 g/mol. The summed E-state index contributed by atoms with van der Waals surface area (Å²) in [6, 6.07) is 21.9. The minimum Gasteiger partial charge on any atom is -0.493 e. The number of anilines is 2. The van der Waals surface area contributed by atoms with Gasteiger partial charge in [0.2, 0.25) is 5.91 Å². The first kappa shape index (κ1) is 32.1. The summed E-state index contributed by atoms with van der Waals surface area (Å²) < 4.78 is 16.0. The fraction of sp³-hybridized carbons (Fsp3) is 0.286. The van der Waals surface area contributed by atoms with Crippen molar-refractivity contribution in [2.45, 2.75) is 49.2 Å². The van der Waals surface area contributed by atoms with Gasteiger partial charge in [-0.25, -0.2) is 4.79 Å². The molecule has 1 aliphatic carbocycles. The van der Waals surface area contributed by atoms with Crippen LogP contribution < -0.4 is 20.1 Å². The van der Waals surface area contributed by atoms with E-state index in [2.05, 4.69) is 10.6 Å². The van der Waals surface area contributed by atoms with E-state index in [1.165, 1.54) is 37.3 Å². The maximum Gasteiger partial charge on any atom is 0.341 e. The van der Waals surface area contributed by atoms with Gasteiger partial charge in [-0.15, -0.1) is 23.1 Å². The molecule has 1 unspecified atom stereocenters. The minimum atomic E-state index is -0.625. The Labute approximate surface area is 271 Å². The summed E-state index contributed by atoms with van der Waals surface area (Å²) in [4.78, 5) is 42.1. The summed E-state index contributed by atoms with van der Waals surface area (Å²) >= 11 is 2.85. The molecule has 0 spiro atoms. The Morgan fingerprint density at radius 3 is 2.40 bits per heavy atom. The van der Waals surface area contributed by atoms with E-state index in [-0.39, 0.29) is 18.4 Å². The van der Waals surface area contributed by atoms with Crippen molar-refractivity contribution in [3.05, 3.63) is 99.9 Å². The van der Waals surface area contributed by atoms with Crippen molar-refractivity contribution in [1.82, 2.24) is 0 Å². The molecular formula is C35H36N2O6S2. The molecule has 10 heteroatoms. The van der Waals surface area contributed by atoms with E-state index in [0.717, 1.165) is 53.0 Å². The lowest BCUT2D eigenvalue weighted by molar-refractivity contribution is -0.115. The molecule has 0 fully saturated rings. The highest BCUT2D eigenvalue weighted by molar-refractivity contribution is 8.00. The third-order valence-electron chi connectivity index (χ3n) is 7.47. The van der Waals surface area contributed by atoms with Gasteiger partial charge < -0.3 is 24.8 Å². The zero-order valence-electron chi connectivity index (χ0n) is 25.5. The molecule has 2 N–H and O–H groups in total. The monoisotopic (exact) mass is 644 g/mol. The molecule has 5 rings (SSSR count). The zero-order valence-corrected chi connectivity index (χ0v) is 27.1. The number of hydrogen-bond acceptors (Lipinski definition) is 8. The van der Waals surface area contributed by atoms with Gasteiger partial charge in [-0.2, -0.15) is 0 Å². The van der Waals surface area contributed by atoms with Crippen LogP contribution in [0.2, 0.25) is 0 Å². The number of carbonyl (C=O) groups is 3. The predicted molar refractivity (Wildman–Crippen MR) is 179 cm³/mol. The van der Waals surface area contributed by atoms with Crippen molar-refractivity contribution in [2.75, 3.05) is 31.5 Å². The number of fused-ring (bicyclic) bond motifs is 1. The normalized spacial score (nSPS) is 13.1. The first-order valence-electron chi connectivity index (χ1n) is 14.9. The van der Waals surface area contributed by atoms with Gasteiger partial charge in [-0.1, -0.05) is 42.8 Å². The molecule has 234 valence electrons. The number of ether oxygens (including phenoxy) is 3. The van der Waals surface area contributed by atoms with Gasteiger partial charge in [0.05, 0.1) is 26.4 Å². The molecule has 0 aliphatic heterocycles. The van der Waals surface area contributed by atoms with Gasteiger partial charge >= 0.3 is 5.97 Å². The van der Waals surface area contributed by atoms with Gasteiger partial charge in [-0.3, -0.25) is 9.59 Å². The Morgan fingerprint density at radius 1 is 0.867 bits per heavy atom. The van der Waals surface area contributed by atoms with Crippen LogP contribution in [0.1, 0.15) is 68.2 Å². The molecule has 1 atom stereocenters. The number of hydrogen-bond donors (Lipinski definition) is 2. The molecule has 45 heavy (non-hydrogen) atoms. The largest absolute Gasteiger partial charge is 0.493 e. The fourth-order valence-corrected chi connectivity index (χ4v) is 7.66. The molecule has 1 heterocycles. The number of methoxy groups -OCH3 is 2. The molecule has 0 saturated heterocycles. The Morgan fingerprint density at radius 2 is 1.64 bits per heavy atom. The number of benzene rings is 3. The molecule has 1 aliphatic rings. The molecule has 4 aromatic rings. The van der Waals surface area contributed by atoms with Crippen LogP contribution >= 0.6 is 23.1 Å². The Hall–Kier alpha value is -4.28. The summed E-state index contributed by atoms with van der Waals surface area (Å²) in [5.74, 6) is 0.0473. The number of esters is 1. The molecule has 3 aromatic carbocycles. The topological polar surface area (TPSA) is 103 Å². The molecule has 0 radical (unpaired) electrons. The third kappa shape index (κ3) is 7.69. The van der Waals surface area contributed by atoms with Crippen LogP contribution in [0.4, 0.5) is 10.7 Å². The Kier molecular flexibility index (Phi) is 10.8. The zero-order chi connectivity index (χ0) is 31.8. The second-order valence-corrected chi connectivity index (χ2v) is 12.7. The summed E-state index contributed by atoms with van der Waals surface area (Å²) in [5, 5.41) is 5.96. The summed E-state index contributed by atoms with van der Waals surface area (Å²) in [6.07, 6.45) is 4.87. The minimum absolute atomic E-state index is 0.243. The van der Waals surface area contributed by atoms with E-state index in [0.29, 0.717) is 33.3 Å². The highest BCUT2D eigenvalue weighted by atomic mass is 32.2. The Bertz CT molecular complexity index is 1670. The quantitative estimate of drug-likeness (QED) is 0.0971. The molecule has 8 nitrogen and oxygen atoms in total. The van der Waals surface area contributed by atoms with Crippen molar-refractivity contribution in [1.29, 1.82) is 0 Å². The van der Waals surface area contributed by atoms with Crippen LogP contribution in [0.25, 0.3) is 0 Å². The van der Waals surface area contributed by atoms with E-state index < -0.39 is 11.2 Å². The lowest BCUT2D eigenvalue weighted by Crippen LogP contribution is -2.20. The van der Waals surface area contributed by atoms with Crippen molar-refractivity contribution in [3.8, 4) is 11.5 Å². The maximum absolute atomic E-state index is 14.0. The van der Waals surface area contributed by atoms with E-state index >= 15 is 0 Å². The fourth-order valence-electron chi connectivity index (χ4n) is 5.29. The SMILES string of the molecule is CCOC(=O)c1c(NC(=O)C(Sc2cccc(NC(=O)c3ccc(OC)c(OC)c3)c2)c2ccccc2)sc2c1CCCCC2. The van der Waals surface area contributed by atoms with E-state index in [4.69, 9.17) is 14.2 Å². The maximum atomic E-state index is 14.0. The molecule has 0 bridgehead atoms. The summed E-state index contributed by atoms with van der Waals surface area (Å²) in [6.45, 7) is 2.05. The van der Waals surface area contributed by atoms with Crippen LogP contribution in [0, 0.1) is 0 Å². The second kappa shape index (κ2) is 15.1. The number of thiophene rings is 1. The van der Waals surface area contributed by atoms with Crippen LogP contribution in [0.5, 0.6) is 11.5 Å². The first-order valence-corrected chi connectivity index (χ1v) is 16.6. The molecule has 1 aromatic heterocycles. The van der Waals surface area contributed by atoms with Gasteiger partial charge in [0.15, 0.2) is 11.5 Å². The number of carbonyl (C=O) groups excluding carboxylic acids is 3. The van der Waals surface area contributed by atoms with E-state index in [1.807, 2.05) is 48.5 Å². The highest BCUT2D eigenvalue weighted by Gasteiger charge is 2.29. The van der Waals surface area contributed by atoms with Gasteiger partial charge in [0.25, 0.3) is 5.91 Å². The van der Waals surface area contributed by atoms with Crippen molar-refractivity contribution in [3.63, 3.8) is 0 Å². The van der Waals surface area contributed by atoms with Crippen molar-refractivity contribution >= 4 is 51.6 Å². The van der Waals surface area contributed by atoms with Crippen LogP contribution in [-0.2, 0) is 22.4 Å².